The van der Waals surface area contributed by atoms with Crippen molar-refractivity contribution in [3.8, 4) is 0 Å². The van der Waals surface area contributed by atoms with Crippen LogP contribution in [0, 0.1) is 11.8 Å². The van der Waals surface area contributed by atoms with Crippen molar-refractivity contribution in [2.24, 2.45) is 11.8 Å². The van der Waals surface area contributed by atoms with E-state index in [9.17, 15) is 13.2 Å². The fourth-order valence-corrected chi connectivity index (χ4v) is 4.09. The molecule has 2 heterocycles. The fraction of sp³-hybridized carbons (Fsp3) is 0.625. The molecule has 0 spiro atoms. The van der Waals surface area contributed by atoms with Crippen LogP contribution in [0.3, 0.4) is 0 Å². The van der Waals surface area contributed by atoms with Gasteiger partial charge in [0, 0.05) is 25.2 Å². The highest BCUT2D eigenvalue weighted by Gasteiger charge is 2.42. The van der Waals surface area contributed by atoms with E-state index in [0.29, 0.717) is 31.3 Å². The minimum Gasteiger partial charge on any atom is -0.373 e. The number of pyridine rings is 1. The van der Waals surface area contributed by atoms with Gasteiger partial charge in [-0.3, -0.25) is 9.78 Å². The Morgan fingerprint density at radius 3 is 2.92 bits per heavy atom. The lowest BCUT2D eigenvalue weighted by atomic mass is 10.2. The second-order valence-corrected chi connectivity index (χ2v) is 8.37. The van der Waals surface area contributed by atoms with Crippen molar-refractivity contribution in [1.82, 2.24) is 14.6 Å². The van der Waals surface area contributed by atoms with Gasteiger partial charge in [0.2, 0.25) is 15.9 Å². The zero-order chi connectivity index (χ0) is 17.2. The van der Waals surface area contributed by atoms with Crippen molar-refractivity contribution in [2.45, 2.75) is 26.0 Å². The SMILES string of the molecule is CC1CC1C(=O)N1CCOC(CS(=O)(=O)NCc2ccccn2)C1. The quantitative estimate of drug-likeness (QED) is 0.799. The second kappa shape index (κ2) is 7.16. The number of sulfonamides is 1. The Balaban J connectivity index is 1.51. The number of nitrogens with zero attached hydrogens (tertiary/aromatic N) is 2. The van der Waals surface area contributed by atoms with Crippen molar-refractivity contribution in [2.75, 3.05) is 25.4 Å². The Bertz CT molecular complexity index is 680. The van der Waals surface area contributed by atoms with Gasteiger partial charge < -0.3 is 9.64 Å². The van der Waals surface area contributed by atoms with Crippen LogP contribution in [0.2, 0.25) is 0 Å². The number of hydrogen-bond donors (Lipinski definition) is 1. The Morgan fingerprint density at radius 1 is 1.46 bits per heavy atom. The van der Waals surface area contributed by atoms with Gasteiger partial charge in [-0.05, 0) is 24.5 Å². The predicted octanol–water partition coefficient (Wildman–Crippen LogP) is 0.384. The molecule has 0 radical (unpaired) electrons. The number of amides is 1. The molecule has 8 heteroatoms. The average Bonchev–Trinajstić information content (AvgIpc) is 3.30. The number of morpholine rings is 1. The van der Waals surface area contributed by atoms with Gasteiger partial charge in [-0.1, -0.05) is 13.0 Å². The molecule has 2 aliphatic rings. The average molecular weight is 353 g/mol. The molecule has 1 amide bonds. The van der Waals surface area contributed by atoms with Crippen molar-refractivity contribution in [3.05, 3.63) is 30.1 Å². The number of carbonyl (C=O) groups excluding carboxylic acids is 1. The number of nitrogens with one attached hydrogen (secondary N) is 1. The van der Waals surface area contributed by atoms with Gasteiger partial charge >= 0.3 is 0 Å². The smallest absolute Gasteiger partial charge is 0.226 e. The molecule has 132 valence electrons. The summed E-state index contributed by atoms with van der Waals surface area (Å²) in [6.45, 7) is 3.48. The highest BCUT2D eigenvalue weighted by Crippen LogP contribution is 2.39. The predicted molar refractivity (Wildman–Crippen MR) is 88.5 cm³/mol. The normalized spacial score (nSPS) is 27.0. The van der Waals surface area contributed by atoms with E-state index in [2.05, 4.69) is 16.6 Å². The van der Waals surface area contributed by atoms with E-state index in [-0.39, 0.29) is 24.1 Å². The molecule has 3 atom stereocenters. The standard InChI is InChI=1S/C16H23N3O4S/c1-12-8-15(12)16(20)19-6-7-23-14(10-19)11-24(21,22)18-9-13-4-2-3-5-17-13/h2-5,12,14-15,18H,6-11H2,1H3. The Hall–Kier alpha value is -1.51. The summed E-state index contributed by atoms with van der Waals surface area (Å²) < 4.78 is 32.5. The number of aromatic nitrogens is 1. The maximum atomic E-state index is 12.3. The van der Waals surface area contributed by atoms with Crippen molar-refractivity contribution >= 4 is 15.9 Å². The Kier molecular flexibility index (Phi) is 5.17. The van der Waals surface area contributed by atoms with Crippen LogP contribution in [-0.2, 0) is 26.1 Å². The zero-order valence-corrected chi connectivity index (χ0v) is 14.5. The van der Waals surface area contributed by atoms with Crippen LogP contribution in [0.5, 0.6) is 0 Å². The number of hydrogen-bond acceptors (Lipinski definition) is 5. The highest BCUT2D eigenvalue weighted by molar-refractivity contribution is 7.89. The van der Waals surface area contributed by atoms with E-state index in [4.69, 9.17) is 4.74 Å². The summed E-state index contributed by atoms with van der Waals surface area (Å²) in [5.41, 5.74) is 0.658. The van der Waals surface area contributed by atoms with Crippen LogP contribution < -0.4 is 4.72 Å². The molecular formula is C16H23N3O4S. The van der Waals surface area contributed by atoms with Crippen molar-refractivity contribution < 1.29 is 17.9 Å². The summed E-state index contributed by atoms with van der Waals surface area (Å²) in [5, 5.41) is 0. The molecule has 1 aromatic rings. The van der Waals surface area contributed by atoms with Gasteiger partial charge in [0.05, 0.1) is 30.7 Å². The summed E-state index contributed by atoms with van der Waals surface area (Å²) >= 11 is 0. The lowest BCUT2D eigenvalue weighted by Crippen LogP contribution is -2.49. The minimum atomic E-state index is -3.50. The maximum Gasteiger partial charge on any atom is 0.226 e. The molecule has 1 aliphatic heterocycles. The van der Waals surface area contributed by atoms with E-state index >= 15 is 0 Å². The van der Waals surface area contributed by atoms with Crippen LogP contribution in [0.4, 0.5) is 0 Å². The molecule has 0 bridgehead atoms. The highest BCUT2D eigenvalue weighted by atomic mass is 32.2. The van der Waals surface area contributed by atoms with E-state index in [1.54, 1.807) is 23.2 Å². The Labute approximate surface area is 142 Å². The topological polar surface area (TPSA) is 88.6 Å². The molecule has 1 aliphatic carbocycles. The van der Waals surface area contributed by atoms with Gasteiger partial charge in [0.15, 0.2) is 0 Å². The summed E-state index contributed by atoms with van der Waals surface area (Å²) in [7, 11) is -3.50. The first kappa shape index (κ1) is 17.3. The third kappa shape index (κ3) is 4.52. The van der Waals surface area contributed by atoms with E-state index in [1.165, 1.54) is 0 Å². The molecule has 1 N–H and O–H groups in total. The van der Waals surface area contributed by atoms with E-state index < -0.39 is 16.1 Å². The first-order valence-electron chi connectivity index (χ1n) is 8.22. The van der Waals surface area contributed by atoms with Gasteiger partial charge in [0.1, 0.15) is 0 Å². The lowest BCUT2D eigenvalue weighted by Gasteiger charge is -2.33. The lowest BCUT2D eigenvalue weighted by molar-refractivity contribution is -0.139. The summed E-state index contributed by atoms with van der Waals surface area (Å²) in [6, 6.07) is 5.35. The molecule has 7 nitrogen and oxygen atoms in total. The molecule has 1 saturated carbocycles. The molecule has 1 saturated heterocycles. The third-order valence-electron chi connectivity index (χ3n) is 4.48. The molecule has 3 unspecified atom stereocenters. The van der Waals surface area contributed by atoms with Gasteiger partial charge in [-0.15, -0.1) is 0 Å². The van der Waals surface area contributed by atoms with E-state index in [1.807, 2.05) is 6.07 Å². The number of carbonyl (C=O) groups is 1. The molecule has 1 aromatic heterocycles. The molecule has 0 aromatic carbocycles. The van der Waals surface area contributed by atoms with Gasteiger partial charge in [-0.2, -0.15) is 0 Å². The molecular weight excluding hydrogens is 330 g/mol. The van der Waals surface area contributed by atoms with Crippen LogP contribution >= 0.6 is 0 Å². The summed E-state index contributed by atoms with van der Waals surface area (Å²) in [6.07, 6.45) is 2.07. The van der Waals surface area contributed by atoms with Crippen LogP contribution in [-0.4, -0.2) is 55.8 Å². The minimum absolute atomic E-state index is 0.114. The fourth-order valence-electron chi connectivity index (χ4n) is 2.91. The van der Waals surface area contributed by atoms with Gasteiger partial charge in [0.25, 0.3) is 0 Å². The maximum absolute atomic E-state index is 12.3. The first-order chi connectivity index (χ1) is 11.4. The monoisotopic (exact) mass is 353 g/mol. The van der Waals surface area contributed by atoms with Crippen LogP contribution in [0.25, 0.3) is 0 Å². The summed E-state index contributed by atoms with van der Waals surface area (Å²) in [4.78, 5) is 18.1. The van der Waals surface area contributed by atoms with Crippen LogP contribution in [0.1, 0.15) is 19.0 Å². The van der Waals surface area contributed by atoms with E-state index in [0.717, 1.165) is 6.42 Å². The van der Waals surface area contributed by atoms with Crippen molar-refractivity contribution in [1.29, 1.82) is 0 Å². The molecule has 3 rings (SSSR count). The van der Waals surface area contributed by atoms with Gasteiger partial charge in [-0.25, -0.2) is 13.1 Å². The second-order valence-electron chi connectivity index (χ2n) is 6.52. The molecule has 2 fully saturated rings. The number of rotatable bonds is 6. The Morgan fingerprint density at radius 2 is 2.25 bits per heavy atom. The van der Waals surface area contributed by atoms with Crippen LogP contribution in [0.15, 0.2) is 24.4 Å². The zero-order valence-electron chi connectivity index (χ0n) is 13.7. The third-order valence-corrected chi connectivity index (χ3v) is 5.88. The largest absolute Gasteiger partial charge is 0.373 e. The first-order valence-corrected chi connectivity index (χ1v) is 9.87. The summed E-state index contributed by atoms with van der Waals surface area (Å²) in [5.74, 6) is 0.545. The van der Waals surface area contributed by atoms with Crippen molar-refractivity contribution in [3.63, 3.8) is 0 Å². The number of ether oxygens (including phenoxy) is 1. The molecule has 24 heavy (non-hydrogen) atoms.